The molecule has 0 unspecified atom stereocenters. The predicted octanol–water partition coefficient (Wildman–Crippen LogP) is 5.07. The third-order valence-electron chi connectivity index (χ3n) is 3.65. The van der Waals surface area contributed by atoms with Gasteiger partial charge in [-0.3, -0.25) is 9.89 Å². The molecular formula is C19H11Cl2FN4O. The van der Waals surface area contributed by atoms with Gasteiger partial charge in [0.25, 0.3) is 5.91 Å². The van der Waals surface area contributed by atoms with Crippen molar-refractivity contribution in [3.63, 3.8) is 0 Å². The van der Waals surface area contributed by atoms with Gasteiger partial charge in [-0.1, -0.05) is 35.3 Å². The van der Waals surface area contributed by atoms with E-state index in [2.05, 4.69) is 15.5 Å². The minimum Gasteiger partial charge on any atom is -0.320 e. The summed E-state index contributed by atoms with van der Waals surface area (Å²) in [6, 6.07) is 12.5. The SMILES string of the molecule is N#CC(=Cc1cn[nH]c1-c1ccccc1F)C(=O)Nc1cc(Cl)ccc1Cl. The van der Waals surface area contributed by atoms with Crippen LogP contribution >= 0.6 is 23.2 Å². The number of rotatable bonds is 4. The number of hydrogen-bond donors (Lipinski definition) is 2. The summed E-state index contributed by atoms with van der Waals surface area (Å²) in [4.78, 5) is 12.4. The van der Waals surface area contributed by atoms with Crippen LogP contribution in [0.2, 0.25) is 10.0 Å². The fourth-order valence-electron chi connectivity index (χ4n) is 2.37. The molecule has 0 aliphatic rings. The molecule has 134 valence electrons. The first kappa shape index (κ1) is 18.6. The standard InChI is InChI=1S/C19H11Cl2FN4O/c20-13-5-6-15(21)17(8-13)25-19(27)11(9-23)7-12-10-24-26-18(12)14-3-1-2-4-16(14)22/h1-8,10H,(H,24,26)(H,25,27). The van der Waals surface area contributed by atoms with Crippen molar-refractivity contribution in [3.8, 4) is 17.3 Å². The average Bonchev–Trinajstić information content (AvgIpc) is 3.11. The lowest BCUT2D eigenvalue weighted by Crippen LogP contribution is -2.13. The number of nitriles is 1. The second-order valence-electron chi connectivity index (χ2n) is 5.43. The molecule has 5 nitrogen and oxygen atoms in total. The number of hydrogen-bond acceptors (Lipinski definition) is 3. The van der Waals surface area contributed by atoms with E-state index in [9.17, 15) is 14.4 Å². The molecule has 2 N–H and O–H groups in total. The van der Waals surface area contributed by atoms with Crippen molar-refractivity contribution in [2.45, 2.75) is 0 Å². The number of benzene rings is 2. The lowest BCUT2D eigenvalue weighted by molar-refractivity contribution is -0.112. The summed E-state index contributed by atoms with van der Waals surface area (Å²) in [6.45, 7) is 0. The molecule has 0 aliphatic carbocycles. The molecule has 2 aromatic carbocycles. The first-order chi connectivity index (χ1) is 13.0. The normalized spacial score (nSPS) is 11.1. The topological polar surface area (TPSA) is 81.6 Å². The van der Waals surface area contributed by atoms with Gasteiger partial charge in [-0.15, -0.1) is 0 Å². The second kappa shape index (κ2) is 8.04. The molecule has 1 heterocycles. The Balaban J connectivity index is 1.93. The van der Waals surface area contributed by atoms with Gasteiger partial charge in [0.15, 0.2) is 0 Å². The molecule has 0 saturated heterocycles. The largest absolute Gasteiger partial charge is 0.320 e. The van der Waals surface area contributed by atoms with Crippen molar-refractivity contribution in [1.82, 2.24) is 10.2 Å². The third-order valence-corrected chi connectivity index (χ3v) is 4.22. The number of aromatic amines is 1. The molecule has 3 aromatic rings. The molecular weight excluding hydrogens is 390 g/mol. The van der Waals surface area contributed by atoms with Crippen molar-refractivity contribution in [2.24, 2.45) is 0 Å². The molecule has 0 radical (unpaired) electrons. The van der Waals surface area contributed by atoms with E-state index >= 15 is 0 Å². The smallest absolute Gasteiger partial charge is 0.266 e. The van der Waals surface area contributed by atoms with E-state index in [4.69, 9.17) is 23.2 Å². The van der Waals surface area contributed by atoms with Crippen LogP contribution in [0, 0.1) is 17.1 Å². The number of amides is 1. The number of aromatic nitrogens is 2. The van der Waals surface area contributed by atoms with E-state index in [1.807, 2.05) is 6.07 Å². The van der Waals surface area contributed by atoms with E-state index in [0.29, 0.717) is 16.3 Å². The van der Waals surface area contributed by atoms with Gasteiger partial charge in [-0.25, -0.2) is 4.39 Å². The minimum absolute atomic E-state index is 0.204. The van der Waals surface area contributed by atoms with Crippen molar-refractivity contribution in [1.29, 1.82) is 5.26 Å². The van der Waals surface area contributed by atoms with Crippen molar-refractivity contribution < 1.29 is 9.18 Å². The van der Waals surface area contributed by atoms with Gasteiger partial charge in [0.05, 0.1) is 22.6 Å². The number of H-pyrrole nitrogens is 1. The van der Waals surface area contributed by atoms with Gasteiger partial charge < -0.3 is 5.32 Å². The maximum Gasteiger partial charge on any atom is 0.266 e. The Morgan fingerprint density at radius 2 is 2.04 bits per heavy atom. The summed E-state index contributed by atoms with van der Waals surface area (Å²) in [7, 11) is 0. The van der Waals surface area contributed by atoms with Gasteiger partial charge in [0.1, 0.15) is 17.5 Å². The first-order valence-electron chi connectivity index (χ1n) is 7.66. The van der Waals surface area contributed by atoms with Crippen LogP contribution in [0.1, 0.15) is 5.56 Å². The monoisotopic (exact) mass is 400 g/mol. The van der Waals surface area contributed by atoms with Gasteiger partial charge in [0.2, 0.25) is 0 Å². The quantitative estimate of drug-likeness (QED) is 0.473. The second-order valence-corrected chi connectivity index (χ2v) is 6.27. The highest BCUT2D eigenvalue weighted by Gasteiger charge is 2.15. The van der Waals surface area contributed by atoms with Crippen LogP contribution in [-0.2, 0) is 4.79 Å². The molecule has 1 aromatic heterocycles. The molecule has 27 heavy (non-hydrogen) atoms. The summed E-state index contributed by atoms with van der Waals surface area (Å²) in [5.74, 6) is -1.13. The fourth-order valence-corrected chi connectivity index (χ4v) is 2.71. The zero-order chi connectivity index (χ0) is 19.4. The third kappa shape index (κ3) is 4.17. The molecule has 0 aliphatic heterocycles. The molecule has 0 fully saturated rings. The van der Waals surface area contributed by atoms with Crippen LogP contribution in [0.3, 0.4) is 0 Å². The molecule has 1 amide bonds. The molecule has 0 atom stereocenters. The molecule has 8 heteroatoms. The van der Waals surface area contributed by atoms with Crippen molar-refractivity contribution in [2.75, 3.05) is 5.32 Å². The summed E-state index contributed by atoms with van der Waals surface area (Å²) in [5.41, 5.74) is 1.09. The Morgan fingerprint density at radius 1 is 1.26 bits per heavy atom. The van der Waals surface area contributed by atoms with Crippen LogP contribution < -0.4 is 5.32 Å². The first-order valence-corrected chi connectivity index (χ1v) is 8.41. The highest BCUT2D eigenvalue weighted by atomic mass is 35.5. The number of nitrogens with one attached hydrogen (secondary N) is 2. The van der Waals surface area contributed by atoms with Crippen LogP contribution in [-0.4, -0.2) is 16.1 Å². The molecule has 0 saturated carbocycles. The Bertz CT molecular complexity index is 1090. The van der Waals surface area contributed by atoms with Gasteiger partial charge in [-0.05, 0) is 36.4 Å². The summed E-state index contributed by atoms with van der Waals surface area (Å²) in [5, 5.41) is 19.1. The Labute approximate surface area is 164 Å². The molecule has 0 bridgehead atoms. The number of nitrogens with zero attached hydrogens (tertiary/aromatic N) is 2. The van der Waals surface area contributed by atoms with Crippen molar-refractivity contribution in [3.05, 3.63) is 75.7 Å². The maximum absolute atomic E-state index is 14.0. The summed E-state index contributed by atoms with van der Waals surface area (Å²) < 4.78 is 14.0. The number of anilines is 1. The van der Waals surface area contributed by atoms with Crippen LogP contribution in [0.5, 0.6) is 0 Å². The zero-order valence-electron chi connectivity index (χ0n) is 13.6. The lowest BCUT2D eigenvalue weighted by Gasteiger charge is -2.07. The number of carbonyl (C=O) groups is 1. The average molecular weight is 401 g/mol. The minimum atomic E-state index is -0.678. The summed E-state index contributed by atoms with van der Waals surface area (Å²) >= 11 is 11.9. The van der Waals surface area contributed by atoms with E-state index in [-0.39, 0.29) is 21.8 Å². The fraction of sp³-hybridized carbons (Fsp3) is 0. The van der Waals surface area contributed by atoms with Crippen molar-refractivity contribution >= 4 is 40.9 Å². The number of carbonyl (C=O) groups excluding carboxylic acids is 1. The highest BCUT2D eigenvalue weighted by molar-refractivity contribution is 6.36. The molecule has 0 spiro atoms. The van der Waals surface area contributed by atoms with Crippen LogP contribution in [0.25, 0.3) is 17.3 Å². The Hall–Kier alpha value is -3.14. The van der Waals surface area contributed by atoms with Gasteiger partial charge >= 0.3 is 0 Å². The Morgan fingerprint density at radius 3 is 2.78 bits per heavy atom. The van der Waals surface area contributed by atoms with Crippen LogP contribution in [0.4, 0.5) is 10.1 Å². The molecule has 3 rings (SSSR count). The Kier molecular flexibility index (Phi) is 5.55. The van der Waals surface area contributed by atoms with E-state index in [1.54, 1.807) is 24.3 Å². The zero-order valence-corrected chi connectivity index (χ0v) is 15.1. The van der Waals surface area contributed by atoms with E-state index in [1.165, 1.54) is 30.5 Å². The summed E-state index contributed by atoms with van der Waals surface area (Å²) in [6.07, 6.45) is 2.72. The van der Waals surface area contributed by atoms with Gasteiger partial charge in [-0.2, -0.15) is 10.4 Å². The highest BCUT2D eigenvalue weighted by Crippen LogP contribution is 2.27. The van der Waals surface area contributed by atoms with Gasteiger partial charge in [0, 0.05) is 16.1 Å². The van der Waals surface area contributed by atoms with E-state index in [0.717, 1.165) is 0 Å². The maximum atomic E-state index is 14.0. The van der Waals surface area contributed by atoms with E-state index < -0.39 is 11.7 Å². The number of halogens is 3. The predicted molar refractivity (Wildman–Crippen MR) is 103 cm³/mol. The van der Waals surface area contributed by atoms with Crippen LogP contribution in [0.15, 0.2) is 54.2 Å². The lowest BCUT2D eigenvalue weighted by atomic mass is 10.1.